The zero-order chi connectivity index (χ0) is 13.1. The molecule has 0 saturated heterocycles. The Morgan fingerprint density at radius 3 is 2.44 bits per heavy atom. The fourth-order valence-corrected chi connectivity index (χ4v) is 1.88. The lowest BCUT2D eigenvalue weighted by Crippen LogP contribution is -2.08. The summed E-state index contributed by atoms with van der Waals surface area (Å²) in [6.45, 7) is 1.77. The third-order valence-electron chi connectivity index (χ3n) is 2.20. The number of hydrogen-bond donors (Lipinski definition) is 0. The minimum atomic E-state index is -0.423. The van der Waals surface area contributed by atoms with Crippen molar-refractivity contribution in [2.24, 2.45) is 0 Å². The van der Waals surface area contributed by atoms with Crippen LogP contribution in [-0.2, 0) is 0 Å². The summed E-state index contributed by atoms with van der Waals surface area (Å²) >= 11 is 6.44. The van der Waals surface area contributed by atoms with Crippen molar-refractivity contribution >= 4 is 31.9 Å². The summed E-state index contributed by atoms with van der Waals surface area (Å²) in [5, 5.41) is 0. The van der Waals surface area contributed by atoms with Gasteiger partial charge in [-0.15, -0.1) is 0 Å². The molecule has 0 aliphatic heterocycles. The maximum absolute atomic E-state index is 13.6. The SMILES string of the molecule is C[C@H](Oc1ccc(Br)cc1F)c1ncc(Br)cn1. The molecule has 2 aromatic rings. The molecule has 0 amide bonds. The van der Waals surface area contributed by atoms with Gasteiger partial charge in [0.15, 0.2) is 23.5 Å². The number of benzene rings is 1. The van der Waals surface area contributed by atoms with Crippen LogP contribution in [-0.4, -0.2) is 9.97 Å². The fraction of sp³-hybridized carbons (Fsp3) is 0.167. The minimum Gasteiger partial charge on any atom is -0.480 e. The Hall–Kier alpha value is -1.01. The Balaban J connectivity index is 2.15. The van der Waals surface area contributed by atoms with E-state index in [2.05, 4.69) is 41.8 Å². The number of nitrogens with zero attached hydrogens (tertiary/aromatic N) is 2. The zero-order valence-electron chi connectivity index (χ0n) is 9.40. The normalized spacial score (nSPS) is 12.2. The number of ether oxygens (including phenoxy) is 1. The van der Waals surface area contributed by atoms with E-state index in [0.717, 1.165) is 4.47 Å². The lowest BCUT2D eigenvalue weighted by Gasteiger charge is -2.13. The summed E-state index contributed by atoms with van der Waals surface area (Å²) in [7, 11) is 0. The molecule has 0 saturated carbocycles. The van der Waals surface area contributed by atoms with Crippen LogP contribution in [0.4, 0.5) is 4.39 Å². The highest BCUT2D eigenvalue weighted by Crippen LogP contribution is 2.25. The van der Waals surface area contributed by atoms with Crippen molar-refractivity contribution in [2.45, 2.75) is 13.0 Å². The first kappa shape index (κ1) is 13.4. The molecular weight excluding hydrogens is 367 g/mol. The summed E-state index contributed by atoms with van der Waals surface area (Å²) < 4.78 is 20.5. The quantitative estimate of drug-likeness (QED) is 0.802. The third-order valence-corrected chi connectivity index (χ3v) is 3.10. The van der Waals surface area contributed by atoms with Crippen LogP contribution < -0.4 is 4.74 Å². The molecule has 1 atom stereocenters. The van der Waals surface area contributed by atoms with Crippen LogP contribution in [0.25, 0.3) is 0 Å². The number of halogens is 3. The smallest absolute Gasteiger partial charge is 0.169 e. The Labute approximate surface area is 121 Å². The van der Waals surface area contributed by atoms with Gasteiger partial charge in [0.2, 0.25) is 0 Å². The average molecular weight is 376 g/mol. The maximum atomic E-state index is 13.6. The monoisotopic (exact) mass is 374 g/mol. The van der Waals surface area contributed by atoms with Gasteiger partial charge in [0.25, 0.3) is 0 Å². The van der Waals surface area contributed by atoms with Crippen LogP contribution in [0, 0.1) is 5.82 Å². The molecule has 3 nitrogen and oxygen atoms in total. The van der Waals surface area contributed by atoms with Crippen molar-refractivity contribution in [3.8, 4) is 5.75 Å². The highest BCUT2D eigenvalue weighted by atomic mass is 79.9. The second-order valence-corrected chi connectivity index (χ2v) is 5.43. The van der Waals surface area contributed by atoms with Crippen LogP contribution in [0.2, 0.25) is 0 Å². The standard InChI is InChI=1S/C12H9Br2FN2O/c1-7(12-16-5-9(14)6-17-12)18-11-3-2-8(13)4-10(11)15/h2-7H,1H3/t7-/m0/s1. The van der Waals surface area contributed by atoms with E-state index in [-0.39, 0.29) is 5.75 Å². The highest BCUT2D eigenvalue weighted by molar-refractivity contribution is 9.10. The zero-order valence-corrected chi connectivity index (χ0v) is 12.6. The summed E-state index contributed by atoms with van der Waals surface area (Å²) in [6.07, 6.45) is 2.83. The van der Waals surface area contributed by atoms with Crippen molar-refractivity contribution in [1.82, 2.24) is 9.97 Å². The van der Waals surface area contributed by atoms with Crippen molar-refractivity contribution in [3.05, 3.63) is 51.2 Å². The molecule has 6 heteroatoms. The van der Waals surface area contributed by atoms with E-state index in [1.807, 2.05) is 0 Å². The largest absolute Gasteiger partial charge is 0.480 e. The van der Waals surface area contributed by atoms with Crippen LogP contribution in [0.1, 0.15) is 18.9 Å². The summed E-state index contributed by atoms with van der Waals surface area (Å²) in [5.41, 5.74) is 0. The molecule has 0 spiro atoms. The summed E-state index contributed by atoms with van der Waals surface area (Å²) in [5.74, 6) is 0.256. The predicted octanol–water partition coefficient (Wildman–Crippen LogP) is 4.28. The van der Waals surface area contributed by atoms with Gasteiger partial charge in [0.05, 0.1) is 4.47 Å². The maximum Gasteiger partial charge on any atom is 0.169 e. The average Bonchev–Trinajstić information content (AvgIpc) is 2.33. The fourth-order valence-electron chi connectivity index (χ4n) is 1.35. The Morgan fingerprint density at radius 1 is 1.17 bits per heavy atom. The third kappa shape index (κ3) is 3.26. The first-order valence-corrected chi connectivity index (χ1v) is 6.74. The number of aromatic nitrogens is 2. The van der Waals surface area contributed by atoms with Gasteiger partial charge in [-0.3, -0.25) is 0 Å². The van der Waals surface area contributed by atoms with Gasteiger partial charge < -0.3 is 4.74 Å². The molecule has 0 aliphatic carbocycles. The van der Waals surface area contributed by atoms with E-state index >= 15 is 0 Å². The van der Waals surface area contributed by atoms with Crippen molar-refractivity contribution in [2.75, 3.05) is 0 Å². The minimum absolute atomic E-state index is 0.178. The molecule has 0 unspecified atom stereocenters. The van der Waals surface area contributed by atoms with E-state index in [9.17, 15) is 4.39 Å². The molecule has 18 heavy (non-hydrogen) atoms. The molecule has 2 rings (SSSR count). The summed E-state index contributed by atoms with van der Waals surface area (Å²) in [6, 6.07) is 4.63. The van der Waals surface area contributed by atoms with Gasteiger partial charge in [-0.25, -0.2) is 14.4 Å². The van der Waals surface area contributed by atoms with Gasteiger partial charge in [0, 0.05) is 16.9 Å². The van der Waals surface area contributed by atoms with Gasteiger partial charge in [0.1, 0.15) is 0 Å². The molecule has 1 heterocycles. The first-order valence-electron chi connectivity index (χ1n) is 5.15. The highest BCUT2D eigenvalue weighted by Gasteiger charge is 2.13. The molecular formula is C12H9Br2FN2O. The van der Waals surface area contributed by atoms with E-state index in [0.29, 0.717) is 10.3 Å². The van der Waals surface area contributed by atoms with E-state index in [1.54, 1.807) is 31.5 Å². The van der Waals surface area contributed by atoms with Gasteiger partial charge in [-0.05, 0) is 41.1 Å². The molecule has 94 valence electrons. The Kier molecular flexibility index (Phi) is 4.29. The number of hydrogen-bond acceptors (Lipinski definition) is 3. The van der Waals surface area contributed by atoms with Crippen molar-refractivity contribution in [3.63, 3.8) is 0 Å². The Bertz CT molecular complexity index is 548. The lowest BCUT2D eigenvalue weighted by molar-refractivity contribution is 0.206. The predicted molar refractivity (Wildman–Crippen MR) is 72.9 cm³/mol. The molecule has 0 aliphatic rings. The lowest BCUT2D eigenvalue weighted by atomic mass is 10.3. The van der Waals surface area contributed by atoms with Crippen molar-refractivity contribution in [1.29, 1.82) is 0 Å². The Morgan fingerprint density at radius 2 is 1.83 bits per heavy atom. The van der Waals surface area contributed by atoms with E-state index < -0.39 is 11.9 Å². The van der Waals surface area contributed by atoms with Crippen LogP contribution >= 0.6 is 31.9 Å². The van der Waals surface area contributed by atoms with E-state index in [4.69, 9.17) is 4.74 Å². The second-order valence-electron chi connectivity index (χ2n) is 3.59. The van der Waals surface area contributed by atoms with Crippen LogP contribution in [0.3, 0.4) is 0 Å². The molecule has 0 N–H and O–H groups in total. The van der Waals surface area contributed by atoms with Crippen molar-refractivity contribution < 1.29 is 9.13 Å². The van der Waals surface area contributed by atoms with Crippen LogP contribution in [0.5, 0.6) is 5.75 Å². The van der Waals surface area contributed by atoms with Gasteiger partial charge >= 0.3 is 0 Å². The van der Waals surface area contributed by atoms with Gasteiger partial charge in [-0.2, -0.15) is 0 Å². The van der Waals surface area contributed by atoms with Gasteiger partial charge in [-0.1, -0.05) is 15.9 Å². The number of rotatable bonds is 3. The molecule has 1 aromatic heterocycles. The van der Waals surface area contributed by atoms with Crippen LogP contribution in [0.15, 0.2) is 39.5 Å². The van der Waals surface area contributed by atoms with E-state index in [1.165, 1.54) is 6.07 Å². The first-order chi connectivity index (χ1) is 8.56. The summed E-state index contributed by atoms with van der Waals surface area (Å²) in [4.78, 5) is 8.21. The molecule has 0 radical (unpaired) electrons. The molecule has 0 fully saturated rings. The molecule has 1 aromatic carbocycles. The molecule has 0 bridgehead atoms. The second kappa shape index (κ2) is 5.75. The topological polar surface area (TPSA) is 35.0 Å².